The van der Waals surface area contributed by atoms with Gasteiger partial charge in [0.05, 0.1) is 16.9 Å². The van der Waals surface area contributed by atoms with Gasteiger partial charge in [-0.2, -0.15) is 0 Å². The van der Waals surface area contributed by atoms with Gasteiger partial charge in [-0.1, -0.05) is 37.6 Å². The third-order valence-electron chi connectivity index (χ3n) is 6.61. The fourth-order valence-electron chi connectivity index (χ4n) is 5.07. The summed E-state index contributed by atoms with van der Waals surface area (Å²) in [5.74, 6) is -2.93. The van der Waals surface area contributed by atoms with E-state index >= 15 is 0 Å². The number of benzene rings is 1. The summed E-state index contributed by atoms with van der Waals surface area (Å²) >= 11 is 9.50. The summed E-state index contributed by atoms with van der Waals surface area (Å²) in [6.45, 7) is 4.72. The molecular formula is C23H24BrClN2O5. The third kappa shape index (κ3) is 3.77. The van der Waals surface area contributed by atoms with Gasteiger partial charge < -0.3 is 10.1 Å². The molecule has 1 N–H and O–H groups in total. The fraction of sp³-hybridized carbons (Fsp3) is 0.478. The fourth-order valence-corrected chi connectivity index (χ4v) is 5.67. The van der Waals surface area contributed by atoms with E-state index in [-0.39, 0.29) is 41.4 Å². The molecule has 9 heteroatoms. The monoisotopic (exact) mass is 522 g/mol. The molecule has 2 bridgehead atoms. The molecule has 3 amide bonds. The van der Waals surface area contributed by atoms with Crippen molar-refractivity contribution in [3.05, 3.63) is 39.3 Å². The number of likely N-dealkylation sites (tertiary alicyclic amines) is 1. The van der Waals surface area contributed by atoms with E-state index in [9.17, 15) is 19.2 Å². The first-order valence-corrected chi connectivity index (χ1v) is 11.7. The van der Waals surface area contributed by atoms with Crippen LogP contribution in [0.15, 0.2) is 28.8 Å². The van der Waals surface area contributed by atoms with Crippen molar-refractivity contribution < 1.29 is 23.9 Å². The molecular weight excluding hydrogens is 500 g/mol. The van der Waals surface area contributed by atoms with Crippen LogP contribution in [0.2, 0.25) is 5.02 Å². The highest BCUT2D eigenvalue weighted by atomic mass is 79.9. The molecule has 0 spiro atoms. The number of hydrogen-bond acceptors (Lipinski definition) is 5. The van der Waals surface area contributed by atoms with Crippen LogP contribution in [0.1, 0.15) is 25.8 Å². The second kappa shape index (κ2) is 8.63. The lowest BCUT2D eigenvalue weighted by Gasteiger charge is -2.28. The van der Waals surface area contributed by atoms with Gasteiger partial charge in [-0.3, -0.25) is 19.3 Å². The summed E-state index contributed by atoms with van der Waals surface area (Å²) < 4.78 is 5.94. The van der Waals surface area contributed by atoms with Gasteiger partial charge in [-0.25, -0.2) is 4.79 Å². The highest BCUT2D eigenvalue weighted by Crippen LogP contribution is 2.53. The lowest BCUT2D eigenvalue weighted by Crippen LogP contribution is -2.50. The molecule has 0 radical (unpaired) electrons. The summed E-state index contributed by atoms with van der Waals surface area (Å²) in [5.41, 5.74) is 1.17. The Morgan fingerprint density at radius 1 is 1.19 bits per heavy atom. The van der Waals surface area contributed by atoms with Crippen LogP contribution in [-0.4, -0.2) is 41.2 Å². The van der Waals surface area contributed by atoms with Crippen LogP contribution in [0, 0.1) is 36.5 Å². The Kier molecular flexibility index (Phi) is 6.20. The number of carbonyl (C=O) groups is 4. The van der Waals surface area contributed by atoms with Crippen molar-refractivity contribution in [1.29, 1.82) is 0 Å². The standard InChI is InChI=1S/C23H24BrClN2O5/c1-10(2)20(27-21(29)17-12-4-5-13(8-12)18(17)22(27)30)23(31)32-9-16(28)26-15-7-6-14(24)19(25)11(15)3/h4-7,10,12-13,17-18,20H,8-9H2,1-3H3,(H,26,28)/t12-,13-,17+,18+,20-/m0/s1. The molecule has 1 heterocycles. The number of halogens is 2. The predicted octanol–water partition coefficient (Wildman–Crippen LogP) is 3.72. The molecule has 3 aliphatic rings. The van der Waals surface area contributed by atoms with Crippen molar-refractivity contribution in [2.24, 2.45) is 29.6 Å². The number of carbonyl (C=O) groups excluding carboxylic acids is 4. The van der Waals surface area contributed by atoms with Gasteiger partial charge in [0.1, 0.15) is 6.04 Å². The van der Waals surface area contributed by atoms with Gasteiger partial charge >= 0.3 is 5.97 Å². The number of allylic oxidation sites excluding steroid dienone is 2. The molecule has 2 fully saturated rings. The number of imide groups is 1. The summed E-state index contributed by atoms with van der Waals surface area (Å²) in [6, 6.07) is 2.33. The second-order valence-corrected chi connectivity index (χ2v) is 10.2. The zero-order chi connectivity index (χ0) is 23.3. The van der Waals surface area contributed by atoms with Crippen LogP contribution >= 0.6 is 27.5 Å². The molecule has 5 atom stereocenters. The number of ether oxygens (including phenoxy) is 1. The quantitative estimate of drug-likeness (QED) is 0.348. The van der Waals surface area contributed by atoms with Crippen molar-refractivity contribution >= 4 is 56.9 Å². The highest BCUT2D eigenvalue weighted by molar-refractivity contribution is 9.10. The van der Waals surface area contributed by atoms with Crippen LogP contribution in [0.5, 0.6) is 0 Å². The van der Waals surface area contributed by atoms with Crippen LogP contribution < -0.4 is 5.32 Å². The number of anilines is 1. The Morgan fingerprint density at radius 2 is 1.78 bits per heavy atom. The van der Waals surface area contributed by atoms with Crippen molar-refractivity contribution in [1.82, 2.24) is 4.90 Å². The normalized spacial score (nSPS) is 26.6. The summed E-state index contributed by atoms with van der Waals surface area (Å²) in [4.78, 5) is 52.5. The molecule has 1 saturated carbocycles. The molecule has 1 saturated heterocycles. The van der Waals surface area contributed by atoms with Crippen molar-refractivity contribution in [3.8, 4) is 0 Å². The zero-order valence-corrected chi connectivity index (χ0v) is 20.3. The molecule has 1 aromatic carbocycles. The van der Waals surface area contributed by atoms with E-state index in [1.54, 1.807) is 32.9 Å². The molecule has 1 aromatic rings. The number of nitrogens with one attached hydrogen (secondary N) is 1. The topological polar surface area (TPSA) is 92.8 Å². The summed E-state index contributed by atoms with van der Waals surface area (Å²) in [6.07, 6.45) is 4.82. The Morgan fingerprint density at radius 3 is 2.34 bits per heavy atom. The van der Waals surface area contributed by atoms with E-state index in [1.165, 1.54) is 0 Å². The van der Waals surface area contributed by atoms with Crippen molar-refractivity contribution in [2.75, 3.05) is 11.9 Å². The largest absolute Gasteiger partial charge is 0.454 e. The minimum Gasteiger partial charge on any atom is -0.454 e. The first-order valence-electron chi connectivity index (χ1n) is 10.6. The third-order valence-corrected chi connectivity index (χ3v) is 7.99. The maximum Gasteiger partial charge on any atom is 0.330 e. The van der Waals surface area contributed by atoms with Gasteiger partial charge in [0, 0.05) is 10.2 Å². The minimum atomic E-state index is -1.06. The number of fused-ring (bicyclic) bond motifs is 5. The molecule has 1 aliphatic heterocycles. The van der Waals surface area contributed by atoms with Gasteiger partial charge in [0.25, 0.3) is 5.91 Å². The number of nitrogens with zero attached hydrogens (tertiary/aromatic N) is 1. The highest BCUT2D eigenvalue weighted by Gasteiger charge is 2.61. The number of esters is 1. The number of amides is 3. The van der Waals surface area contributed by atoms with E-state index in [0.29, 0.717) is 20.7 Å². The molecule has 0 aromatic heterocycles. The van der Waals surface area contributed by atoms with Gasteiger partial charge in [-0.05, 0) is 64.7 Å². The van der Waals surface area contributed by atoms with E-state index in [4.69, 9.17) is 16.3 Å². The molecule has 4 rings (SSSR count). The number of rotatable bonds is 6. The van der Waals surface area contributed by atoms with Crippen molar-refractivity contribution in [3.63, 3.8) is 0 Å². The lowest BCUT2D eigenvalue weighted by molar-refractivity contribution is -0.162. The first kappa shape index (κ1) is 23.0. The average molecular weight is 524 g/mol. The number of hydrogen-bond donors (Lipinski definition) is 1. The molecule has 2 aliphatic carbocycles. The second-order valence-electron chi connectivity index (χ2n) is 8.93. The minimum absolute atomic E-state index is 0.0574. The average Bonchev–Trinajstić information content (AvgIpc) is 3.42. The van der Waals surface area contributed by atoms with Crippen LogP contribution in [0.4, 0.5) is 5.69 Å². The van der Waals surface area contributed by atoms with Crippen LogP contribution in [0.3, 0.4) is 0 Å². The zero-order valence-electron chi connectivity index (χ0n) is 17.9. The SMILES string of the molecule is Cc1c(NC(=O)COC(=O)[C@H](C(C)C)N2C(=O)[C@H]3[C@H](C2=O)[C@H]2C=C[C@H]3C2)ccc(Br)c1Cl. The van der Waals surface area contributed by atoms with Gasteiger partial charge in [0.2, 0.25) is 11.8 Å². The molecule has 170 valence electrons. The Balaban J connectivity index is 1.42. The maximum atomic E-state index is 13.1. The Bertz CT molecular complexity index is 1010. The van der Waals surface area contributed by atoms with E-state index < -0.39 is 24.5 Å². The summed E-state index contributed by atoms with van der Waals surface area (Å²) in [5, 5.41) is 3.14. The predicted molar refractivity (Wildman–Crippen MR) is 122 cm³/mol. The first-order chi connectivity index (χ1) is 15.1. The lowest BCUT2D eigenvalue weighted by atomic mass is 9.85. The molecule has 0 unspecified atom stereocenters. The van der Waals surface area contributed by atoms with Gasteiger partial charge in [-0.15, -0.1) is 0 Å². The Labute approximate surface area is 199 Å². The molecule has 7 nitrogen and oxygen atoms in total. The van der Waals surface area contributed by atoms with E-state index in [1.807, 2.05) is 12.2 Å². The van der Waals surface area contributed by atoms with Crippen molar-refractivity contribution in [2.45, 2.75) is 33.2 Å². The van der Waals surface area contributed by atoms with Gasteiger partial charge in [0.15, 0.2) is 6.61 Å². The van der Waals surface area contributed by atoms with E-state index in [0.717, 1.165) is 11.3 Å². The summed E-state index contributed by atoms with van der Waals surface area (Å²) in [7, 11) is 0. The smallest absolute Gasteiger partial charge is 0.330 e. The molecule has 32 heavy (non-hydrogen) atoms. The van der Waals surface area contributed by atoms with Crippen LogP contribution in [-0.2, 0) is 23.9 Å². The maximum absolute atomic E-state index is 13.1. The van der Waals surface area contributed by atoms with Crippen LogP contribution in [0.25, 0.3) is 0 Å². The Hall–Kier alpha value is -2.19. The van der Waals surface area contributed by atoms with E-state index in [2.05, 4.69) is 21.2 Å².